The second kappa shape index (κ2) is 6.22. The van der Waals surface area contributed by atoms with E-state index in [1.807, 2.05) is 12.2 Å². The minimum atomic E-state index is -0.755. The third-order valence-corrected chi connectivity index (χ3v) is 3.33. The van der Waals surface area contributed by atoms with Crippen molar-refractivity contribution in [3.05, 3.63) is 36.7 Å². The maximum Gasteiger partial charge on any atom is 0.418 e. The van der Waals surface area contributed by atoms with Gasteiger partial charge in [-0.3, -0.25) is 9.69 Å². The molecule has 1 N–H and O–H groups in total. The van der Waals surface area contributed by atoms with Crippen molar-refractivity contribution >= 4 is 12.1 Å². The van der Waals surface area contributed by atoms with Crippen LogP contribution in [0.5, 0.6) is 0 Å². The largest absolute Gasteiger partial charge is 0.481 e. The first kappa shape index (κ1) is 13.4. The van der Waals surface area contributed by atoms with E-state index in [-0.39, 0.29) is 12.0 Å². The van der Waals surface area contributed by atoms with E-state index in [4.69, 9.17) is 9.84 Å². The molecule has 1 saturated carbocycles. The van der Waals surface area contributed by atoms with Gasteiger partial charge in [0, 0.05) is 12.4 Å². The van der Waals surface area contributed by atoms with Crippen molar-refractivity contribution in [3.63, 3.8) is 0 Å². The average Bonchev–Trinajstić information content (AvgIpc) is 2.68. The molecule has 5 nitrogen and oxygen atoms in total. The maximum absolute atomic E-state index is 11.9. The third-order valence-electron chi connectivity index (χ3n) is 3.33. The Morgan fingerprint density at radius 1 is 1.00 bits per heavy atom. The second-order valence-electron chi connectivity index (χ2n) is 4.67. The van der Waals surface area contributed by atoms with Gasteiger partial charge < -0.3 is 9.84 Å². The number of allylic oxidation sites excluding steroid dienone is 4. The Hall–Kier alpha value is -2.04. The van der Waals surface area contributed by atoms with Crippen LogP contribution in [0.25, 0.3) is 0 Å². The van der Waals surface area contributed by atoms with Gasteiger partial charge >= 0.3 is 12.1 Å². The highest BCUT2D eigenvalue weighted by Gasteiger charge is 2.28. The maximum atomic E-state index is 11.9. The Balaban J connectivity index is 1.82. The van der Waals surface area contributed by atoms with Gasteiger partial charge in [0.1, 0.15) is 6.10 Å². The fourth-order valence-electron chi connectivity index (χ4n) is 2.22. The molecular formula is C14H17NO4. The minimum Gasteiger partial charge on any atom is -0.481 e. The number of aliphatic carboxylic acids is 1. The van der Waals surface area contributed by atoms with Crippen LogP contribution in [-0.2, 0) is 9.53 Å². The number of nitrogens with zero attached hydrogens (tertiary/aromatic N) is 1. The van der Waals surface area contributed by atoms with Crippen molar-refractivity contribution < 1.29 is 19.4 Å². The lowest BCUT2D eigenvalue weighted by Gasteiger charge is -2.27. The molecule has 0 aromatic heterocycles. The summed E-state index contributed by atoms with van der Waals surface area (Å²) in [4.78, 5) is 24.1. The summed E-state index contributed by atoms with van der Waals surface area (Å²) < 4.78 is 5.38. The Bertz CT molecular complexity index is 415. The molecular weight excluding hydrogens is 246 g/mol. The van der Waals surface area contributed by atoms with E-state index in [0.717, 1.165) is 0 Å². The number of hydrogen-bond donors (Lipinski definition) is 1. The first-order chi connectivity index (χ1) is 9.16. The number of ether oxygens (including phenoxy) is 1. The van der Waals surface area contributed by atoms with Gasteiger partial charge in [0.05, 0.1) is 5.92 Å². The van der Waals surface area contributed by atoms with Crippen LogP contribution in [-0.4, -0.2) is 28.2 Å². The second-order valence-corrected chi connectivity index (χ2v) is 4.67. The van der Waals surface area contributed by atoms with Gasteiger partial charge in [-0.1, -0.05) is 12.2 Å². The van der Waals surface area contributed by atoms with E-state index < -0.39 is 12.1 Å². The quantitative estimate of drug-likeness (QED) is 0.831. The minimum absolute atomic E-state index is 0.180. The standard InChI is InChI=1S/C14H17NO4/c16-13(17)11-5-7-12(8-6-11)19-14(18)15-9-3-1-2-4-10-15/h1-4,9-12H,5-8H2,(H,16,17). The van der Waals surface area contributed by atoms with Crippen molar-refractivity contribution in [2.24, 2.45) is 5.92 Å². The summed E-state index contributed by atoms with van der Waals surface area (Å²) >= 11 is 0. The highest BCUT2D eigenvalue weighted by Crippen LogP contribution is 2.26. The van der Waals surface area contributed by atoms with Crippen LogP contribution in [0.1, 0.15) is 25.7 Å². The summed E-state index contributed by atoms with van der Waals surface area (Å²) in [6.07, 6.45) is 12.2. The molecule has 0 unspecified atom stereocenters. The number of hydrogen-bond acceptors (Lipinski definition) is 3. The Kier molecular flexibility index (Phi) is 4.39. The van der Waals surface area contributed by atoms with Crippen LogP contribution < -0.4 is 0 Å². The zero-order valence-electron chi connectivity index (χ0n) is 10.6. The Labute approximate surface area is 111 Å². The molecule has 19 heavy (non-hydrogen) atoms. The van der Waals surface area contributed by atoms with Crippen molar-refractivity contribution in [3.8, 4) is 0 Å². The molecule has 102 valence electrons. The summed E-state index contributed by atoms with van der Waals surface area (Å²) in [5, 5.41) is 8.90. The Morgan fingerprint density at radius 3 is 2.11 bits per heavy atom. The fourth-order valence-corrected chi connectivity index (χ4v) is 2.22. The van der Waals surface area contributed by atoms with Crippen LogP contribution >= 0.6 is 0 Å². The highest BCUT2D eigenvalue weighted by atomic mass is 16.6. The number of carbonyl (C=O) groups excluding carboxylic acids is 1. The lowest BCUT2D eigenvalue weighted by atomic mass is 9.87. The van der Waals surface area contributed by atoms with E-state index in [1.54, 1.807) is 24.6 Å². The molecule has 1 aliphatic carbocycles. The highest BCUT2D eigenvalue weighted by molar-refractivity contribution is 5.71. The molecule has 1 heterocycles. The van der Waals surface area contributed by atoms with Crippen molar-refractivity contribution in [2.45, 2.75) is 31.8 Å². The molecule has 0 radical (unpaired) electrons. The lowest BCUT2D eigenvalue weighted by Crippen LogP contribution is -2.31. The van der Waals surface area contributed by atoms with E-state index in [9.17, 15) is 9.59 Å². The van der Waals surface area contributed by atoms with E-state index in [2.05, 4.69) is 0 Å². The fraction of sp³-hybridized carbons (Fsp3) is 0.429. The summed E-state index contributed by atoms with van der Waals surface area (Å²) in [5.41, 5.74) is 0. The summed E-state index contributed by atoms with van der Waals surface area (Å²) in [6, 6.07) is 0. The van der Waals surface area contributed by atoms with Crippen molar-refractivity contribution in [1.82, 2.24) is 4.90 Å². The molecule has 0 atom stereocenters. The van der Waals surface area contributed by atoms with Gasteiger partial charge in [-0.2, -0.15) is 0 Å². The van der Waals surface area contributed by atoms with Gasteiger partial charge in [-0.25, -0.2) is 4.79 Å². The van der Waals surface area contributed by atoms with E-state index in [0.29, 0.717) is 25.7 Å². The first-order valence-corrected chi connectivity index (χ1v) is 6.40. The van der Waals surface area contributed by atoms with E-state index in [1.165, 1.54) is 4.90 Å². The molecule has 0 bridgehead atoms. The zero-order valence-corrected chi connectivity index (χ0v) is 10.6. The van der Waals surface area contributed by atoms with Crippen LogP contribution in [0.15, 0.2) is 36.7 Å². The van der Waals surface area contributed by atoms with Crippen molar-refractivity contribution in [1.29, 1.82) is 0 Å². The van der Waals surface area contributed by atoms with Crippen LogP contribution in [0, 0.1) is 5.92 Å². The predicted molar refractivity (Wildman–Crippen MR) is 69.1 cm³/mol. The molecule has 0 aromatic carbocycles. The average molecular weight is 263 g/mol. The number of rotatable bonds is 2. The molecule has 0 aromatic rings. The molecule has 1 aliphatic heterocycles. The molecule has 0 saturated heterocycles. The molecule has 0 spiro atoms. The number of carboxylic acid groups (broad SMARTS) is 1. The SMILES string of the molecule is O=C(O)C1CCC(OC(=O)N2C=CC=CC=C2)CC1. The number of amides is 1. The van der Waals surface area contributed by atoms with Gasteiger partial charge in [0.25, 0.3) is 0 Å². The van der Waals surface area contributed by atoms with Crippen LogP contribution in [0.4, 0.5) is 4.79 Å². The normalized spacial score (nSPS) is 26.0. The zero-order chi connectivity index (χ0) is 13.7. The topological polar surface area (TPSA) is 66.8 Å². The molecule has 2 rings (SSSR count). The first-order valence-electron chi connectivity index (χ1n) is 6.40. The molecule has 1 fully saturated rings. The smallest absolute Gasteiger partial charge is 0.418 e. The van der Waals surface area contributed by atoms with Crippen LogP contribution in [0.2, 0.25) is 0 Å². The van der Waals surface area contributed by atoms with E-state index >= 15 is 0 Å². The number of carboxylic acids is 1. The summed E-state index contributed by atoms with van der Waals surface area (Å²) in [7, 11) is 0. The summed E-state index contributed by atoms with van der Waals surface area (Å²) in [6.45, 7) is 0. The van der Waals surface area contributed by atoms with Crippen LogP contribution in [0.3, 0.4) is 0 Å². The predicted octanol–water partition coefficient (Wildman–Crippen LogP) is 2.67. The number of carbonyl (C=O) groups is 2. The monoisotopic (exact) mass is 263 g/mol. The Morgan fingerprint density at radius 2 is 1.58 bits per heavy atom. The lowest BCUT2D eigenvalue weighted by molar-refractivity contribution is -0.143. The van der Waals surface area contributed by atoms with Gasteiger partial charge in [0.15, 0.2) is 0 Å². The molecule has 1 amide bonds. The molecule has 2 aliphatic rings. The van der Waals surface area contributed by atoms with Gasteiger partial charge in [0.2, 0.25) is 0 Å². The summed E-state index contributed by atoms with van der Waals surface area (Å²) in [5.74, 6) is -1.05. The van der Waals surface area contributed by atoms with Gasteiger partial charge in [-0.05, 0) is 37.8 Å². The van der Waals surface area contributed by atoms with Crippen molar-refractivity contribution in [2.75, 3.05) is 0 Å². The third kappa shape index (κ3) is 3.71. The molecule has 5 heteroatoms. The van der Waals surface area contributed by atoms with Gasteiger partial charge in [-0.15, -0.1) is 0 Å².